The number of unbranched alkanes of at least 4 members (excludes halogenated alkanes) is 1. The van der Waals surface area contributed by atoms with E-state index in [0.717, 1.165) is 25.9 Å². The van der Waals surface area contributed by atoms with Crippen LogP contribution in [0.5, 0.6) is 0 Å². The van der Waals surface area contributed by atoms with Gasteiger partial charge in [0, 0.05) is 30.6 Å². The van der Waals surface area contributed by atoms with Crippen LogP contribution in [0.25, 0.3) is 10.8 Å². The molecule has 4 nitrogen and oxygen atoms in total. The normalized spacial score (nSPS) is 11.8. The van der Waals surface area contributed by atoms with E-state index in [4.69, 9.17) is 10.9 Å². The Labute approximate surface area is 125 Å². The highest BCUT2D eigenvalue weighted by atomic mass is 16.4. The Balaban J connectivity index is 2.06. The molecule has 112 valence electrons. The largest absolute Gasteiger partial charge is 0.409 e. The molecule has 0 radical (unpaired) electrons. The van der Waals surface area contributed by atoms with E-state index < -0.39 is 0 Å². The lowest BCUT2D eigenvalue weighted by atomic mass is 10.1. The summed E-state index contributed by atoms with van der Waals surface area (Å²) in [4.78, 5) is 2.38. The standard InChI is InChI=1S/C17H23N3O/c1-2-20(13-6-5-12-17(18)19-21)16-11-7-9-14-8-3-4-10-15(14)16/h3-4,7-11,21H,2,5-6,12-13H2,1H3,(H2,18,19). The van der Waals surface area contributed by atoms with Crippen LogP contribution in [0.4, 0.5) is 5.69 Å². The molecule has 0 saturated heterocycles. The van der Waals surface area contributed by atoms with Crippen molar-refractivity contribution in [1.82, 2.24) is 0 Å². The number of hydrogen-bond donors (Lipinski definition) is 2. The highest BCUT2D eigenvalue weighted by molar-refractivity contribution is 5.94. The summed E-state index contributed by atoms with van der Waals surface area (Å²) >= 11 is 0. The molecule has 0 unspecified atom stereocenters. The number of nitrogens with two attached hydrogens (primary N) is 1. The van der Waals surface area contributed by atoms with E-state index in [1.165, 1.54) is 16.5 Å². The molecule has 0 saturated carbocycles. The summed E-state index contributed by atoms with van der Waals surface area (Å²) < 4.78 is 0. The van der Waals surface area contributed by atoms with Crippen molar-refractivity contribution in [2.45, 2.75) is 26.2 Å². The van der Waals surface area contributed by atoms with Gasteiger partial charge in [-0.3, -0.25) is 0 Å². The third-order valence-electron chi connectivity index (χ3n) is 3.73. The molecule has 0 aliphatic carbocycles. The van der Waals surface area contributed by atoms with Crippen molar-refractivity contribution in [3.8, 4) is 0 Å². The Morgan fingerprint density at radius 1 is 1.14 bits per heavy atom. The van der Waals surface area contributed by atoms with Crippen LogP contribution in [-0.4, -0.2) is 24.1 Å². The first-order valence-corrected chi connectivity index (χ1v) is 7.45. The SMILES string of the molecule is CCN(CCCCC(N)=NO)c1cccc2ccccc12. The van der Waals surface area contributed by atoms with Crippen LogP contribution >= 0.6 is 0 Å². The number of benzene rings is 2. The first kappa shape index (κ1) is 15.2. The number of nitrogens with zero attached hydrogens (tertiary/aromatic N) is 2. The van der Waals surface area contributed by atoms with Gasteiger partial charge in [-0.15, -0.1) is 0 Å². The minimum Gasteiger partial charge on any atom is -0.409 e. The molecule has 0 atom stereocenters. The Hall–Kier alpha value is -2.23. The minimum atomic E-state index is 0.309. The number of rotatable bonds is 7. The van der Waals surface area contributed by atoms with Gasteiger partial charge in [-0.2, -0.15) is 0 Å². The molecular weight excluding hydrogens is 262 g/mol. The average Bonchev–Trinajstić information content (AvgIpc) is 2.54. The smallest absolute Gasteiger partial charge is 0.139 e. The second-order valence-electron chi connectivity index (χ2n) is 5.13. The quantitative estimate of drug-likeness (QED) is 0.269. The highest BCUT2D eigenvalue weighted by Gasteiger charge is 2.08. The predicted octanol–water partition coefficient (Wildman–Crippen LogP) is 3.58. The molecule has 4 heteroatoms. The minimum absolute atomic E-state index is 0.309. The van der Waals surface area contributed by atoms with E-state index in [9.17, 15) is 0 Å². The van der Waals surface area contributed by atoms with Gasteiger partial charge in [0.25, 0.3) is 0 Å². The Kier molecular flexibility index (Phi) is 5.43. The first-order valence-electron chi connectivity index (χ1n) is 7.45. The van der Waals surface area contributed by atoms with Crippen molar-refractivity contribution in [2.75, 3.05) is 18.0 Å². The first-order chi connectivity index (χ1) is 10.3. The molecule has 0 bridgehead atoms. The van der Waals surface area contributed by atoms with E-state index in [1.807, 2.05) is 0 Å². The molecule has 21 heavy (non-hydrogen) atoms. The Morgan fingerprint density at radius 3 is 2.67 bits per heavy atom. The van der Waals surface area contributed by atoms with Gasteiger partial charge in [-0.1, -0.05) is 41.6 Å². The zero-order chi connectivity index (χ0) is 15.1. The van der Waals surface area contributed by atoms with Crippen molar-refractivity contribution in [1.29, 1.82) is 0 Å². The zero-order valence-corrected chi connectivity index (χ0v) is 12.5. The molecule has 2 rings (SSSR count). The third-order valence-corrected chi connectivity index (χ3v) is 3.73. The number of amidine groups is 1. The van der Waals surface area contributed by atoms with Crippen molar-refractivity contribution in [3.05, 3.63) is 42.5 Å². The lowest BCUT2D eigenvalue weighted by Gasteiger charge is -2.24. The molecule has 0 aliphatic rings. The van der Waals surface area contributed by atoms with Crippen LogP contribution in [0.1, 0.15) is 26.2 Å². The summed E-state index contributed by atoms with van der Waals surface area (Å²) in [5, 5.41) is 14.1. The average molecular weight is 285 g/mol. The molecule has 3 N–H and O–H groups in total. The van der Waals surface area contributed by atoms with Gasteiger partial charge in [0.1, 0.15) is 5.84 Å². The zero-order valence-electron chi connectivity index (χ0n) is 12.5. The molecule has 0 amide bonds. The van der Waals surface area contributed by atoms with E-state index in [2.05, 4.69) is 59.4 Å². The number of anilines is 1. The maximum absolute atomic E-state index is 8.54. The van der Waals surface area contributed by atoms with Crippen LogP contribution in [0, 0.1) is 0 Å². The van der Waals surface area contributed by atoms with Crippen LogP contribution in [0.3, 0.4) is 0 Å². The molecule has 2 aromatic rings. The van der Waals surface area contributed by atoms with Crippen LogP contribution in [0.2, 0.25) is 0 Å². The van der Waals surface area contributed by atoms with Gasteiger partial charge in [-0.05, 0) is 31.2 Å². The van der Waals surface area contributed by atoms with Crippen molar-refractivity contribution < 1.29 is 5.21 Å². The van der Waals surface area contributed by atoms with Gasteiger partial charge in [0.15, 0.2) is 0 Å². The van der Waals surface area contributed by atoms with Crippen molar-refractivity contribution >= 4 is 22.3 Å². The second-order valence-corrected chi connectivity index (χ2v) is 5.13. The molecular formula is C17H23N3O. The van der Waals surface area contributed by atoms with Crippen LogP contribution in [-0.2, 0) is 0 Å². The lowest BCUT2D eigenvalue weighted by Crippen LogP contribution is -2.24. The summed E-state index contributed by atoms with van der Waals surface area (Å²) in [6.45, 7) is 4.12. The molecule has 2 aromatic carbocycles. The van der Waals surface area contributed by atoms with Gasteiger partial charge >= 0.3 is 0 Å². The fourth-order valence-corrected chi connectivity index (χ4v) is 2.59. The van der Waals surface area contributed by atoms with Crippen LogP contribution < -0.4 is 10.6 Å². The number of hydrogen-bond acceptors (Lipinski definition) is 3. The number of fused-ring (bicyclic) bond motifs is 1. The second kappa shape index (κ2) is 7.53. The summed E-state index contributed by atoms with van der Waals surface area (Å²) in [5.74, 6) is 0.309. The summed E-state index contributed by atoms with van der Waals surface area (Å²) in [7, 11) is 0. The van der Waals surface area contributed by atoms with E-state index in [1.54, 1.807) is 0 Å². The molecule has 0 fully saturated rings. The molecule has 0 aliphatic heterocycles. The maximum atomic E-state index is 8.54. The maximum Gasteiger partial charge on any atom is 0.139 e. The van der Waals surface area contributed by atoms with E-state index in [-0.39, 0.29) is 0 Å². The molecule has 0 heterocycles. The lowest BCUT2D eigenvalue weighted by molar-refractivity contribution is 0.316. The van der Waals surface area contributed by atoms with Crippen molar-refractivity contribution in [3.63, 3.8) is 0 Å². The van der Waals surface area contributed by atoms with Gasteiger partial charge in [-0.25, -0.2) is 0 Å². The number of oxime groups is 1. The van der Waals surface area contributed by atoms with Crippen LogP contribution in [0.15, 0.2) is 47.6 Å². The molecule has 0 spiro atoms. The summed E-state index contributed by atoms with van der Waals surface area (Å²) in [6.07, 6.45) is 2.59. The van der Waals surface area contributed by atoms with E-state index in [0.29, 0.717) is 12.3 Å². The summed E-state index contributed by atoms with van der Waals surface area (Å²) in [6, 6.07) is 14.9. The topological polar surface area (TPSA) is 61.8 Å². The van der Waals surface area contributed by atoms with Crippen molar-refractivity contribution in [2.24, 2.45) is 10.9 Å². The van der Waals surface area contributed by atoms with E-state index >= 15 is 0 Å². The fraction of sp³-hybridized carbons (Fsp3) is 0.353. The monoisotopic (exact) mass is 285 g/mol. The Bertz CT molecular complexity index is 605. The molecule has 0 aromatic heterocycles. The third kappa shape index (κ3) is 3.88. The Morgan fingerprint density at radius 2 is 1.90 bits per heavy atom. The predicted molar refractivity (Wildman–Crippen MR) is 89.1 cm³/mol. The highest BCUT2D eigenvalue weighted by Crippen LogP contribution is 2.26. The fourth-order valence-electron chi connectivity index (χ4n) is 2.59. The van der Waals surface area contributed by atoms with Gasteiger partial charge in [0.2, 0.25) is 0 Å². The summed E-state index contributed by atoms with van der Waals surface area (Å²) in [5.41, 5.74) is 6.77. The van der Waals surface area contributed by atoms with Gasteiger partial charge < -0.3 is 15.8 Å². The van der Waals surface area contributed by atoms with Gasteiger partial charge in [0.05, 0.1) is 0 Å².